The van der Waals surface area contributed by atoms with Gasteiger partial charge in [-0.05, 0) is 36.8 Å². The Morgan fingerprint density at radius 3 is 2.29 bits per heavy atom. The molecule has 0 heterocycles. The van der Waals surface area contributed by atoms with E-state index < -0.39 is 35.2 Å². The number of carbonyl (C=O) groups excluding carboxylic acids is 1. The Bertz CT molecular complexity index is 697. The van der Waals surface area contributed by atoms with Crippen molar-refractivity contribution in [3.05, 3.63) is 58.9 Å². The molecule has 0 aromatic heterocycles. The topological polar surface area (TPSA) is 26.3 Å². The lowest BCUT2D eigenvalue weighted by Crippen LogP contribution is -2.22. The monoisotopic (exact) mass is 350 g/mol. The average Bonchev–Trinajstić information content (AvgIpc) is 2.47. The molecular weight excluding hydrogens is 338 g/mol. The molecule has 1 unspecified atom stereocenters. The highest BCUT2D eigenvalue weighted by Gasteiger charge is 2.37. The summed E-state index contributed by atoms with van der Waals surface area (Å²) in [5, 5.41) is 0. The van der Waals surface area contributed by atoms with Crippen molar-refractivity contribution in [1.82, 2.24) is 0 Å². The summed E-state index contributed by atoms with van der Waals surface area (Å²) in [6.45, 7) is 0.989. The summed E-state index contributed by atoms with van der Waals surface area (Å²) in [5.41, 5.74) is -1.90. The highest BCUT2D eigenvalue weighted by Crippen LogP contribution is 2.34. The van der Waals surface area contributed by atoms with Crippen LogP contribution in [0.25, 0.3) is 0 Å². The van der Waals surface area contributed by atoms with Crippen molar-refractivity contribution in [2.75, 3.05) is 0 Å². The van der Waals surface area contributed by atoms with Crippen LogP contribution < -0.4 is 0 Å². The number of hydrogen-bond acceptors (Lipinski definition) is 2. The minimum atomic E-state index is -4.71. The molecule has 130 valence electrons. The molecule has 8 heteroatoms. The minimum absolute atomic E-state index is 0.133. The molecule has 0 N–H and O–H groups in total. The van der Waals surface area contributed by atoms with E-state index in [1.807, 2.05) is 0 Å². The fourth-order valence-electron chi connectivity index (χ4n) is 2.07. The Hall–Kier alpha value is -2.25. The number of allylic oxidation sites excluding steroid dienone is 4. The van der Waals surface area contributed by atoms with Crippen LogP contribution in [0.2, 0.25) is 0 Å². The highest BCUT2D eigenvalue weighted by molar-refractivity contribution is 5.95. The predicted octanol–water partition coefficient (Wildman–Crippen LogP) is 4.81. The van der Waals surface area contributed by atoms with Gasteiger partial charge >= 0.3 is 12.4 Å². The summed E-state index contributed by atoms with van der Waals surface area (Å²) in [7, 11) is 0. The van der Waals surface area contributed by atoms with Crippen LogP contribution in [0.3, 0.4) is 0 Å². The fourth-order valence-corrected chi connectivity index (χ4v) is 2.07. The van der Waals surface area contributed by atoms with Gasteiger partial charge in [0, 0.05) is 0 Å². The van der Waals surface area contributed by atoms with Crippen LogP contribution in [-0.2, 0) is 22.3 Å². The van der Waals surface area contributed by atoms with Gasteiger partial charge in [0.2, 0.25) is 0 Å². The first kappa shape index (κ1) is 18.1. The molecule has 2 rings (SSSR count). The summed E-state index contributed by atoms with van der Waals surface area (Å²) < 4.78 is 81.2. The number of ketones is 1. The average molecular weight is 350 g/mol. The van der Waals surface area contributed by atoms with E-state index in [-0.39, 0.29) is 17.9 Å². The zero-order valence-corrected chi connectivity index (χ0v) is 12.3. The predicted molar refractivity (Wildman–Crippen MR) is 72.6 cm³/mol. The van der Waals surface area contributed by atoms with E-state index in [1.54, 1.807) is 0 Å². The Morgan fingerprint density at radius 2 is 1.71 bits per heavy atom. The second-order valence-electron chi connectivity index (χ2n) is 5.26. The van der Waals surface area contributed by atoms with Gasteiger partial charge in [0.25, 0.3) is 0 Å². The maximum absolute atomic E-state index is 12.7. The molecule has 0 aliphatic heterocycles. The third kappa shape index (κ3) is 4.18. The number of hydrogen-bond donors (Lipinski definition) is 0. The van der Waals surface area contributed by atoms with Crippen molar-refractivity contribution >= 4 is 5.78 Å². The van der Waals surface area contributed by atoms with Crippen molar-refractivity contribution in [3.8, 4) is 0 Å². The maximum Gasteiger partial charge on any atom is 0.416 e. The zero-order valence-electron chi connectivity index (χ0n) is 12.3. The Balaban J connectivity index is 2.18. The first-order chi connectivity index (χ1) is 11.0. The van der Waals surface area contributed by atoms with Gasteiger partial charge in [-0.2, -0.15) is 26.3 Å². The largest absolute Gasteiger partial charge is 0.492 e. The van der Waals surface area contributed by atoms with Gasteiger partial charge in [-0.1, -0.05) is 12.1 Å². The molecule has 1 atom stereocenters. The van der Waals surface area contributed by atoms with Gasteiger partial charge in [0.15, 0.2) is 5.78 Å². The van der Waals surface area contributed by atoms with Crippen molar-refractivity contribution in [2.45, 2.75) is 25.9 Å². The summed E-state index contributed by atoms with van der Waals surface area (Å²) in [6, 6.07) is 4.24. The Kier molecular flexibility index (Phi) is 4.77. The van der Waals surface area contributed by atoms with Crippen molar-refractivity contribution in [3.63, 3.8) is 0 Å². The van der Waals surface area contributed by atoms with E-state index in [0.717, 1.165) is 12.1 Å². The van der Waals surface area contributed by atoms with Gasteiger partial charge in [-0.15, -0.1) is 0 Å². The van der Waals surface area contributed by atoms with Crippen LogP contribution in [0.5, 0.6) is 0 Å². The van der Waals surface area contributed by atoms with Crippen molar-refractivity contribution < 1.29 is 35.9 Å². The van der Waals surface area contributed by atoms with E-state index in [4.69, 9.17) is 4.74 Å². The molecule has 0 fully saturated rings. The summed E-state index contributed by atoms with van der Waals surface area (Å²) >= 11 is 0. The first-order valence-corrected chi connectivity index (χ1v) is 6.82. The minimum Gasteiger partial charge on any atom is -0.492 e. The standard InChI is InChI=1S/C16H12F6O2/c1-9-13(23)6-12(16(20,21)22)7-14(9)24-8-10-3-2-4-11(5-10)15(17,18)19/h2-7,9H,8H2,1H3. The fraction of sp³-hybridized carbons (Fsp3) is 0.312. The lowest BCUT2D eigenvalue weighted by molar-refractivity contribution is -0.137. The molecule has 24 heavy (non-hydrogen) atoms. The van der Waals surface area contributed by atoms with Crippen LogP contribution in [0.4, 0.5) is 26.3 Å². The summed E-state index contributed by atoms with van der Waals surface area (Å²) in [4.78, 5) is 11.6. The van der Waals surface area contributed by atoms with Gasteiger partial charge < -0.3 is 4.74 Å². The smallest absolute Gasteiger partial charge is 0.416 e. The molecule has 2 nitrogen and oxygen atoms in total. The second-order valence-corrected chi connectivity index (χ2v) is 5.26. The summed E-state index contributed by atoms with van der Waals surface area (Å²) in [5.74, 6) is -1.93. The van der Waals surface area contributed by atoms with Crippen molar-refractivity contribution in [1.29, 1.82) is 0 Å². The van der Waals surface area contributed by atoms with Gasteiger partial charge in [-0.25, -0.2) is 0 Å². The molecule has 0 saturated heterocycles. The number of ether oxygens (including phenoxy) is 1. The van der Waals surface area contributed by atoms with E-state index >= 15 is 0 Å². The van der Waals surface area contributed by atoms with E-state index in [9.17, 15) is 31.1 Å². The molecule has 1 aromatic carbocycles. The van der Waals surface area contributed by atoms with Crippen LogP contribution in [-0.4, -0.2) is 12.0 Å². The third-order valence-corrected chi connectivity index (χ3v) is 3.44. The number of rotatable bonds is 3. The quantitative estimate of drug-likeness (QED) is 0.731. The zero-order chi connectivity index (χ0) is 18.1. The van der Waals surface area contributed by atoms with Crippen LogP contribution in [0, 0.1) is 5.92 Å². The van der Waals surface area contributed by atoms with Gasteiger partial charge in [-0.3, -0.25) is 4.79 Å². The first-order valence-electron chi connectivity index (χ1n) is 6.82. The third-order valence-electron chi connectivity index (χ3n) is 3.44. The molecule has 0 saturated carbocycles. The van der Waals surface area contributed by atoms with E-state index in [0.29, 0.717) is 12.2 Å². The highest BCUT2D eigenvalue weighted by atomic mass is 19.4. The van der Waals surface area contributed by atoms with Gasteiger partial charge in [0.05, 0.1) is 17.1 Å². The molecular formula is C16H12F6O2. The van der Waals surface area contributed by atoms with Crippen molar-refractivity contribution in [2.24, 2.45) is 5.92 Å². The molecule has 0 amide bonds. The molecule has 0 bridgehead atoms. The SMILES string of the molecule is CC1C(=O)C=C(C(F)(F)F)C=C1OCc1cccc(C(F)(F)F)c1. The number of carbonyl (C=O) groups is 1. The molecule has 1 aliphatic rings. The van der Waals surface area contributed by atoms with Crippen LogP contribution >= 0.6 is 0 Å². The number of halogens is 6. The van der Waals surface area contributed by atoms with E-state index in [2.05, 4.69) is 0 Å². The lowest BCUT2D eigenvalue weighted by Gasteiger charge is -2.21. The molecule has 0 spiro atoms. The lowest BCUT2D eigenvalue weighted by atomic mass is 9.94. The summed E-state index contributed by atoms with van der Waals surface area (Å²) in [6.07, 6.45) is -8.06. The number of benzene rings is 1. The normalized spacial score (nSPS) is 19.0. The number of alkyl halides is 6. The van der Waals surface area contributed by atoms with E-state index in [1.165, 1.54) is 19.1 Å². The van der Waals surface area contributed by atoms with Crippen LogP contribution in [0.1, 0.15) is 18.1 Å². The van der Waals surface area contributed by atoms with Crippen LogP contribution in [0.15, 0.2) is 47.7 Å². The Labute approximate surface area is 133 Å². The maximum atomic E-state index is 12.7. The Morgan fingerprint density at radius 1 is 1.04 bits per heavy atom. The molecule has 1 aromatic rings. The molecule has 1 aliphatic carbocycles. The second kappa shape index (κ2) is 6.33. The van der Waals surface area contributed by atoms with Gasteiger partial charge in [0.1, 0.15) is 12.4 Å². The molecule has 0 radical (unpaired) electrons.